The number of amidine groups is 1. The van der Waals surface area contributed by atoms with Gasteiger partial charge in [-0.1, -0.05) is 30.2 Å². The summed E-state index contributed by atoms with van der Waals surface area (Å²) in [6, 6.07) is 22.6. The topological polar surface area (TPSA) is 162 Å². The SMILES string of the molecule is C#Cc1cccc(C2=NC(N)(c3cccc(Nc4ncnc5cc(OCCOC)c(OCCOC)cc45)c3)c3cc(OCCOC)c(OCCOC)cc3N2)c1. The van der Waals surface area contributed by atoms with Crippen molar-refractivity contribution in [2.24, 2.45) is 10.7 Å². The van der Waals surface area contributed by atoms with Crippen LogP contribution in [0.25, 0.3) is 10.9 Å². The number of aliphatic imine (C=N–C) groups is 1. The van der Waals surface area contributed by atoms with Gasteiger partial charge in [0, 0.05) is 73.9 Å². The van der Waals surface area contributed by atoms with E-state index in [0.29, 0.717) is 126 Å². The zero-order chi connectivity index (χ0) is 39.3. The monoisotopic (exact) mass is 762 g/mol. The highest BCUT2D eigenvalue weighted by atomic mass is 16.6. The highest BCUT2D eigenvalue weighted by molar-refractivity contribution is 6.10. The first kappa shape index (κ1) is 39.7. The van der Waals surface area contributed by atoms with E-state index in [0.717, 1.165) is 5.56 Å². The molecule has 4 aromatic carbocycles. The normalized spacial score (nSPS) is 14.6. The van der Waals surface area contributed by atoms with E-state index in [1.807, 2.05) is 72.8 Å². The maximum atomic E-state index is 7.47. The number of rotatable bonds is 20. The number of aromatic nitrogens is 2. The van der Waals surface area contributed by atoms with E-state index in [9.17, 15) is 0 Å². The predicted molar refractivity (Wildman–Crippen MR) is 215 cm³/mol. The molecule has 4 N–H and O–H groups in total. The van der Waals surface area contributed by atoms with Gasteiger partial charge in [-0.2, -0.15) is 0 Å². The molecular formula is C42H46N6O8. The maximum Gasteiger partial charge on any atom is 0.164 e. The third-order valence-electron chi connectivity index (χ3n) is 8.78. The molecule has 0 radical (unpaired) electrons. The lowest BCUT2D eigenvalue weighted by Gasteiger charge is -2.35. The number of hydrogen-bond donors (Lipinski definition) is 3. The minimum absolute atomic E-state index is 0.292. The third-order valence-corrected chi connectivity index (χ3v) is 8.78. The fourth-order valence-electron chi connectivity index (χ4n) is 6.01. The number of fused-ring (bicyclic) bond motifs is 2. The highest BCUT2D eigenvalue weighted by Crippen LogP contribution is 2.44. The number of nitrogens with two attached hydrogens (primary N) is 1. The lowest BCUT2D eigenvalue weighted by Crippen LogP contribution is -2.42. The van der Waals surface area contributed by atoms with Gasteiger partial charge < -0.3 is 48.5 Å². The Morgan fingerprint density at radius 2 is 1.30 bits per heavy atom. The second-order valence-electron chi connectivity index (χ2n) is 12.5. The van der Waals surface area contributed by atoms with Crippen LogP contribution in [0.3, 0.4) is 0 Å². The summed E-state index contributed by atoms with van der Waals surface area (Å²) >= 11 is 0. The molecule has 6 rings (SSSR count). The van der Waals surface area contributed by atoms with Crippen molar-refractivity contribution in [3.8, 4) is 35.3 Å². The molecule has 0 amide bonds. The van der Waals surface area contributed by atoms with Crippen LogP contribution in [0.15, 0.2) is 84.1 Å². The van der Waals surface area contributed by atoms with Gasteiger partial charge in [-0.05, 0) is 36.4 Å². The molecule has 0 fully saturated rings. The van der Waals surface area contributed by atoms with Crippen LogP contribution in [-0.4, -0.2) is 97.1 Å². The van der Waals surface area contributed by atoms with E-state index in [4.69, 9.17) is 55.0 Å². The second kappa shape index (κ2) is 19.1. The van der Waals surface area contributed by atoms with Crippen LogP contribution in [0.2, 0.25) is 0 Å². The fourth-order valence-corrected chi connectivity index (χ4v) is 6.01. The van der Waals surface area contributed by atoms with Gasteiger partial charge in [0.15, 0.2) is 28.7 Å². The molecule has 56 heavy (non-hydrogen) atoms. The van der Waals surface area contributed by atoms with Gasteiger partial charge in [0.2, 0.25) is 0 Å². The van der Waals surface area contributed by atoms with E-state index in [1.54, 1.807) is 28.4 Å². The Balaban J connectivity index is 1.43. The van der Waals surface area contributed by atoms with Crippen molar-refractivity contribution in [3.63, 3.8) is 0 Å². The molecule has 0 aliphatic carbocycles. The van der Waals surface area contributed by atoms with Crippen LogP contribution >= 0.6 is 0 Å². The van der Waals surface area contributed by atoms with Crippen molar-refractivity contribution in [1.82, 2.24) is 9.97 Å². The van der Waals surface area contributed by atoms with Crippen molar-refractivity contribution in [2.75, 3.05) is 91.9 Å². The lowest BCUT2D eigenvalue weighted by atomic mass is 9.88. The Kier molecular flexibility index (Phi) is 13.5. The molecule has 292 valence electrons. The molecule has 0 saturated carbocycles. The molecule has 0 bridgehead atoms. The molecule has 1 aliphatic rings. The number of methoxy groups -OCH3 is 4. The first-order valence-corrected chi connectivity index (χ1v) is 17.9. The molecule has 5 aromatic rings. The molecule has 1 unspecified atom stereocenters. The Bertz CT molecular complexity index is 2190. The van der Waals surface area contributed by atoms with Gasteiger partial charge in [-0.3, -0.25) is 5.73 Å². The van der Waals surface area contributed by atoms with Crippen LogP contribution < -0.4 is 35.3 Å². The van der Waals surface area contributed by atoms with Crippen molar-refractivity contribution in [3.05, 3.63) is 101 Å². The van der Waals surface area contributed by atoms with Gasteiger partial charge in [-0.15, -0.1) is 6.42 Å². The average Bonchev–Trinajstić information content (AvgIpc) is 3.22. The highest BCUT2D eigenvalue weighted by Gasteiger charge is 2.38. The number of benzene rings is 4. The number of nitrogens with zero attached hydrogens (tertiary/aromatic N) is 3. The smallest absolute Gasteiger partial charge is 0.164 e. The zero-order valence-electron chi connectivity index (χ0n) is 31.9. The number of nitrogens with one attached hydrogen (secondary N) is 2. The first-order valence-electron chi connectivity index (χ1n) is 17.9. The van der Waals surface area contributed by atoms with Crippen LogP contribution in [0.4, 0.5) is 17.2 Å². The molecular weight excluding hydrogens is 716 g/mol. The van der Waals surface area contributed by atoms with Gasteiger partial charge in [0.25, 0.3) is 0 Å². The predicted octanol–water partition coefficient (Wildman–Crippen LogP) is 5.49. The molecule has 14 nitrogen and oxygen atoms in total. The van der Waals surface area contributed by atoms with Gasteiger partial charge in [0.05, 0.1) is 37.6 Å². The molecule has 0 spiro atoms. The molecule has 1 aliphatic heterocycles. The van der Waals surface area contributed by atoms with Crippen LogP contribution in [0.1, 0.15) is 22.3 Å². The molecule has 1 atom stereocenters. The van der Waals surface area contributed by atoms with Gasteiger partial charge in [0.1, 0.15) is 44.4 Å². The molecule has 1 aromatic heterocycles. The largest absolute Gasteiger partial charge is 0.487 e. The number of ether oxygens (including phenoxy) is 8. The van der Waals surface area contributed by atoms with E-state index >= 15 is 0 Å². The molecule has 2 heterocycles. The van der Waals surface area contributed by atoms with Crippen LogP contribution in [0.5, 0.6) is 23.0 Å². The summed E-state index contributed by atoms with van der Waals surface area (Å²) in [5.41, 5.74) is 10.9. The minimum atomic E-state index is -1.41. The summed E-state index contributed by atoms with van der Waals surface area (Å²) in [6.07, 6.45) is 7.26. The van der Waals surface area contributed by atoms with E-state index in [2.05, 4.69) is 26.5 Å². The van der Waals surface area contributed by atoms with Gasteiger partial charge in [-0.25, -0.2) is 15.0 Å². The van der Waals surface area contributed by atoms with E-state index < -0.39 is 5.66 Å². The maximum absolute atomic E-state index is 7.47. The summed E-state index contributed by atoms with van der Waals surface area (Å²) in [7, 11) is 6.47. The third kappa shape index (κ3) is 9.28. The minimum Gasteiger partial charge on any atom is -0.487 e. The van der Waals surface area contributed by atoms with Crippen molar-refractivity contribution in [1.29, 1.82) is 0 Å². The summed E-state index contributed by atoms with van der Waals surface area (Å²) in [4.78, 5) is 14.3. The lowest BCUT2D eigenvalue weighted by molar-refractivity contribution is 0.132. The van der Waals surface area contributed by atoms with E-state index in [-0.39, 0.29) is 0 Å². The fraction of sp³-hybridized carbons (Fsp3) is 0.310. The average molecular weight is 763 g/mol. The molecule has 14 heteroatoms. The first-order chi connectivity index (χ1) is 27.4. The van der Waals surface area contributed by atoms with Crippen molar-refractivity contribution < 1.29 is 37.9 Å². The number of terminal acetylenes is 1. The molecule has 0 saturated heterocycles. The second-order valence-corrected chi connectivity index (χ2v) is 12.5. The van der Waals surface area contributed by atoms with Crippen molar-refractivity contribution in [2.45, 2.75) is 5.66 Å². The van der Waals surface area contributed by atoms with Crippen LogP contribution in [-0.2, 0) is 24.6 Å². The van der Waals surface area contributed by atoms with Crippen molar-refractivity contribution >= 4 is 33.9 Å². The Labute approximate surface area is 326 Å². The summed E-state index contributed by atoms with van der Waals surface area (Å²) in [6.45, 7) is 2.85. The zero-order valence-corrected chi connectivity index (χ0v) is 31.9. The summed E-state index contributed by atoms with van der Waals surface area (Å²) < 4.78 is 45.2. The quantitative estimate of drug-likeness (QED) is 0.0675. The van der Waals surface area contributed by atoms with E-state index in [1.165, 1.54) is 6.33 Å². The number of hydrogen-bond acceptors (Lipinski definition) is 14. The standard InChI is InChI=1S/C42H46N6O8/c1-6-28-9-7-10-29(21-28)40-47-35-26-39(56-20-16-52-5)37(54-18-14-50-3)24-33(35)42(43,48-40)30-11-8-12-31(22-30)46-41-32-23-36(53-17-13-49-2)38(55-19-15-51-4)25-34(32)44-27-45-41/h1,7-12,21-27H,13-20,43H2,2-5H3,(H,47,48)(H,44,45,46). The van der Waals surface area contributed by atoms with Crippen LogP contribution in [0, 0.1) is 12.3 Å². The summed E-state index contributed by atoms with van der Waals surface area (Å²) in [5, 5.41) is 7.66. The Hall–Kier alpha value is -5.95. The summed E-state index contributed by atoms with van der Waals surface area (Å²) in [5.74, 6) is 5.83. The van der Waals surface area contributed by atoms with Gasteiger partial charge >= 0.3 is 0 Å². The number of anilines is 3. The Morgan fingerprint density at radius 1 is 0.696 bits per heavy atom. The Morgan fingerprint density at radius 3 is 1.95 bits per heavy atom.